The molecule has 2 fully saturated rings. The molecular formula is C29H33ClN6O. The number of nitrogens with zero attached hydrogens (tertiary/aromatic N) is 6. The Labute approximate surface area is 224 Å². The van der Waals surface area contributed by atoms with Crippen LogP contribution in [0.15, 0.2) is 60.8 Å². The minimum absolute atomic E-state index is 0.0724. The van der Waals surface area contributed by atoms with Gasteiger partial charge < -0.3 is 19.3 Å². The van der Waals surface area contributed by atoms with E-state index in [1.165, 1.54) is 0 Å². The molecule has 2 saturated heterocycles. The Morgan fingerprint density at radius 2 is 1.76 bits per heavy atom. The Balaban J connectivity index is 1.19. The standard InChI is InChI=1S/C29H33ClN6O/c1-22-19-35(25-7-5-6-23(16-25)18-31)14-15-36(22)29(37)28-17-24(20-32(28)2)21-33-10-12-34(13-11-33)27-9-4-3-8-26(27)30/h3-9,16-17,20,22H,10-15,19,21H2,1-2H3/t22-/m0/s1. The fourth-order valence-corrected chi connectivity index (χ4v) is 5.71. The van der Waals surface area contributed by atoms with Crippen LogP contribution in [0.5, 0.6) is 0 Å². The lowest BCUT2D eigenvalue weighted by atomic mass is 10.1. The molecule has 1 amide bonds. The zero-order valence-electron chi connectivity index (χ0n) is 21.5. The molecule has 8 heteroatoms. The van der Waals surface area contributed by atoms with Gasteiger partial charge in [-0.2, -0.15) is 5.26 Å². The molecule has 0 unspecified atom stereocenters. The van der Waals surface area contributed by atoms with E-state index < -0.39 is 0 Å². The summed E-state index contributed by atoms with van der Waals surface area (Å²) < 4.78 is 1.97. The number of nitriles is 1. The van der Waals surface area contributed by atoms with Gasteiger partial charge in [0, 0.05) is 77.3 Å². The molecule has 1 aromatic heterocycles. The van der Waals surface area contributed by atoms with Gasteiger partial charge in [0.2, 0.25) is 0 Å². The fourth-order valence-electron chi connectivity index (χ4n) is 5.46. The van der Waals surface area contributed by atoms with Crippen LogP contribution in [0.4, 0.5) is 11.4 Å². The van der Waals surface area contributed by atoms with Crippen molar-refractivity contribution >= 4 is 28.9 Å². The van der Waals surface area contributed by atoms with Crippen LogP contribution in [-0.2, 0) is 13.6 Å². The first kappa shape index (κ1) is 25.2. The van der Waals surface area contributed by atoms with E-state index in [0.29, 0.717) is 12.1 Å². The Hall–Kier alpha value is -3.47. The molecule has 2 aliphatic heterocycles. The van der Waals surface area contributed by atoms with Crippen molar-refractivity contribution in [2.75, 3.05) is 55.6 Å². The molecule has 0 N–H and O–H groups in total. The number of hydrogen-bond donors (Lipinski definition) is 0. The summed E-state index contributed by atoms with van der Waals surface area (Å²) in [5, 5.41) is 10.0. The van der Waals surface area contributed by atoms with Crippen LogP contribution in [0.25, 0.3) is 0 Å². The summed E-state index contributed by atoms with van der Waals surface area (Å²) in [6.07, 6.45) is 2.09. The van der Waals surface area contributed by atoms with Crippen LogP contribution in [-0.4, -0.2) is 72.1 Å². The molecule has 2 aromatic carbocycles. The molecule has 0 spiro atoms. The number of rotatable bonds is 5. The number of carbonyl (C=O) groups is 1. The number of carbonyl (C=O) groups excluding carboxylic acids is 1. The summed E-state index contributed by atoms with van der Waals surface area (Å²) in [5.74, 6) is 0.0789. The van der Waals surface area contributed by atoms with E-state index >= 15 is 0 Å². The van der Waals surface area contributed by atoms with Crippen LogP contribution >= 0.6 is 11.6 Å². The molecular weight excluding hydrogens is 484 g/mol. The second kappa shape index (κ2) is 10.9. The van der Waals surface area contributed by atoms with E-state index in [-0.39, 0.29) is 11.9 Å². The first-order valence-corrected chi connectivity index (χ1v) is 13.2. The number of hydrogen-bond acceptors (Lipinski definition) is 5. The average molecular weight is 517 g/mol. The lowest BCUT2D eigenvalue weighted by Gasteiger charge is -2.41. The van der Waals surface area contributed by atoms with Gasteiger partial charge in [-0.05, 0) is 48.9 Å². The first-order valence-electron chi connectivity index (χ1n) is 12.9. The van der Waals surface area contributed by atoms with Crippen LogP contribution < -0.4 is 9.80 Å². The minimum Gasteiger partial charge on any atom is -0.368 e. The number of halogens is 1. The van der Waals surface area contributed by atoms with Crippen LogP contribution in [0.2, 0.25) is 5.02 Å². The van der Waals surface area contributed by atoms with Crippen molar-refractivity contribution in [1.29, 1.82) is 5.26 Å². The number of amides is 1. The molecule has 192 valence electrons. The van der Waals surface area contributed by atoms with Crippen molar-refractivity contribution in [2.45, 2.75) is 19.5 Å². The quantitative estimate of drug-likeness (QED) is 0.508. The van der Waals surface area contributed by atoms with Crippen molar-refractivity contribution in [2.24, 2.45) is 7.05 Å². The highest BCUT2D eigenvalue weighted by atomic mass is 35.5. The molecule has 0 bridgehead atoms. The van der Waals surface area contributed by atoms with Crippen molar-refractivity contribution < 1.29 is 4.79 Å². The van der Waals surface area contributed by atoms with Gasteiger partial charge in [0.05, 0.1) is 22.3 Å². The zero-order valence-corrected chi connectivity index (χ0v) is 22.2. The third-order valence-electron chi connectivity index (χ3n) is 7.48. The monoisotopic (exact) mass is 516 g/mol. The predicted octanol–water partition coefficient (Wildman–Crippen LogP) is 4.22. The average Bonchev–Trinajstić information content (AvgIpc) is 3.28. The molecule has 3 aromatic rings. The zero-order chi connectivity index (χ0) is 25.9. The van der Waals surface area contributed by atoms with E-state index in [9.17, 15) is 10.1 Å². The van der Waals surface area contributed by atoms with E-state index in [1.807, 2.05) is 59.0 Å². The molecule has 0 saturated carbocycles. The number of anilines is 2. The van der Waals surface area contributed by atoms with Gasteiger partial charge in [0.25, 0.3) is 5.91 Å². The van der Waals surface area contributed by atoms with Gasteiger partial charge in [0.1, 0.15) is 5.69 Å². The van der Waals surface area contributed by atoms with E-state index in [0.717, 1.165) is 73.5 Å². The Bertz CT molecular complexity index is 1310. The van der Waals surface area contributed by atoms with Gasteiger partial charge >= 0.3 is 0 Å². The normalized spacial score (nSPS) is 18.6. The summed E-state index contributed by atoms with van der Waals surface area (Å²) in [5.41, 5.74) is 4.69. The van der Waals surface area contributed by atoms with Gasteiger partial charge in [-0.15, -0.1) is 0 Å². The Morgan fingerprint density at radius 3 is 2.49 bits per heavy atom. The summed E-state index contributed by atoms with van der Waals surface area (Å²) in [6.45, 7) is 8.84. The van der Waals surface area contributed by atoms with Crippen LogP contribution in [0.1, 0.15) is 28.5 Å². The summed E-state index contributed by atoms with van der Waals surface area (Å²) in [6, 6.07) is 20.0. The summed E-state index contributed by atoms with van der Waals surface area (Å²) in [4.78, 5) is 22.5. The van der Waals surface area contributed by atoms with E-state index in [4.69, 9.17) is 11.6 Å². The Kier molecular flexibility index (Phi) is 7.40. The van der Waals surface area contributed by atoms with E-state index in [1.54, 1.807) is 0 Å². The van der Waals surface area contributed by atoms with Crippen molar-refractivity contribution in [3.63, 3.8) is 0 Å². The Morgan fingerprint density at radius 1 is 1.00 bits per heavy atom. The first-order chi connectivity index (χ1) is 17.9. The molecule has 1 atom stereocenters. The molecule has 0 aliphatic carbocycles. The molecule has 5 rings (SSSR count). The van der Waals surface area contributed by atoms with E-state index in [2.05, 4.69) is 46.0 Å². The van der Waals surface area contributed by atoms with Crippen molar-refractivity contribution in [3.05, 3.63) is 82.6 Å². The highest BCUT2D eigenvalue weighted by Crippen LogP contribution is 2.27. The molecule has 37 heavy (non-hydrogen) atoms. The molecule has 0 radical (unpaired) electrons. The molecule has 2 aliphatic rings. The summed E-state index contributed by atoms with van der Waals surface area (Å²) in [7, 11) is 1.96. The van der Waals surface area contributed by atoms with Crippen LogP contribution in [0.3, 0.4) is 0 Å². The van der Waals surface area contributed by atoms with Crippen molar-refractivity contribution in [1.82, 2.24) is 14.4 Å². The van der Waals surface area contributed by atoms with Gasteiger partial charge in [-0.25, -0.2) is 0 Å². The molecule has 7 nitrogen and oxygen atoms in total. The maximum atomic E-state index is 13.5. The van der Waals surface area contributed by atoms with Crippen LogP contribution in [0, 0.1) is 11.3 Å². The number of aromatic nitrogens is 1. The number of benzene rings is 2. The highest BCUT2D eigenvalue weighted by Gasteiger charge is 2.30. The lowest BCUT2D eigenvalue weighted by molar-refractivity contribution is 0.0664. The van der Waals surface area contributed by atoms with Crippen molar-refractivity contribution in [3.8, 4) is 6.07 Å². The summed E-state index contributed by atoms with van der Waals surface area (Å²) >= 11 is 6.39. The fraction of sp³-hybridized carbons (Fsp3) is 0.379. The largest absolute Gasteiger partial charge is 0.368 e. The number of piperazine rings is 2. The maximum absolute atomic E-state index is 13.5. The maximum Gasteiger partial charge on any atom is 0.270 e. The lowest BCUT2D eigenvalue weighted by Crippen LogP contribution is -2.54. The molecule has 3 heterocycles. The predicted molar refractivity (Wildman–Crippen MR) is 148 cm³/mol. The van der Waals surface area contributed by atoms with Gasteiger partial charge in [-0.1, -0.05) is 29.8 Å². The topological polar surface area (TPSA) is 58.8 Å². The second-order valence-electron chi connectivity index (χ2n) is 10.0. The van der Waals surface area contributed by atoms with Gasteiger partial charge in [-0.3, -0.25) is 9.69 Å². The minimum atomic E-state index is 0.0724. The number of para-hydroxylation sites is 1. The number of aryl methyl sites for hydroxylation is 1. The van der Waals surface area contributed by atoms with Gasteiger partial charge in [0.15, 0.2) is 0 Å². The third-order valence-corrected chi connectivity index (χ3v) is 7.80. The highest BCUT2D eigenvalue weighted by molar-refractivity contribution is 6.33. The second-order valence-corrected chi connectivity index (χ2v) is 10.4. The SMILES string of the molecule is C[C@H]1CN(c2cccc(C#N)c2)CCN1C(=O)c1cc(CN2CCN(c3ccccc3Cl)CC2)cn1C. The smallest absolute Gasteiger partial charge is 0.270 e. The third kappa shape index (κ3) is 5.46.